The lowest BCUT2D eigenvalue weighted by molar-refractivity contribution is 0.311. The lowest BCUT2D eigenvalue weighted by Crippen LogP contribution is -2.45. The summed E-state index contributed by atoms with van der Waals surface area (Å²) in [5, 5.41) is 4.57. The zero-order valence-electron chi connectivity index (χ0n) is 14.5. The standard InChI is InChI=1S/C20H23N5/c1-24-11-13-25(14-12-24)20-22-18-10-6-5-9-17(18)19(23-20)21-15-16-7-3-2-4-8-16/h2-10H,11-15H2,1H3,(H,21,22,23). The van der Waals surface area contributed by atoms with Gasteiger partial charge in [-0.15, -0.1) is 0 Å². The Bertz CT molecular complexity index is 841. The van der Waals surface area contributed by atoms with Gasteiger partial charge in [0.05, 0.1) is 5.52 Å². The Labute approximate surface area is 148 Å². The summed E-state index contributed by atoms with van der Waals surface area (Å²) in [5.74, 6) is 1.73. The van der Waals surface area contributed by atoms with Gasteiger partial charge < -0.3 is 15.1 Å². The number of para-hydroxylation sites is 1. The summed E-state index contributed by atoms with van der Waals surface area (Å²) in [6.07, 6.45) is 0. The Balaban J connectivity index is 1.64. The van der Waals surface area contributed by atoms with Gasteiger partial charge in [0.25, 0.3) is 0 Å². The molecule has 5 nitrogen and oxygen atoms in total. The molecule has 25 heavy (non-hydrogen) atoms. The highest BCUT2D eigenvalue weighted by Crippen LogP contribution is 2.24. The molecule has 0 amide bonds. The van der Waals surface area contributed by atoms with Crippen molar-refractivity contribution in [1.82, 2.24) is 14.9 Å². The topological polar surface area (TPSA) is 44.3 Å². The highest BCUT2D eigenvalue weighted by molar-refractivity contribution is 5.90. The number of likely N-dealkylation sites (N-methyl/N-ethyl adjacent to an activating group) is 1. The number of benzene rings is 2. The summed E-state index contributed by atoms with van der Waals surface area (Å²) in [5.41, 5.74) is 2.23. The SMILES string of the molecule is CN1CCN(c2nc(NCc3ccccc3)c3ccccc3n2)CC1. The summed E-state index contributed by atoms with van der Waals surface area (Å²) >= 11 is 0. The van der Waals surface area contributed by atoms with Gasteiger partial charge in [0.15, 0.2) is 0 Å². The second-order valence-electron chi connectivity index (χ2n) is 6.52. The summed E-state index contributed by atoms with van der Waals surface area (Å²) in [6, 6.07) is 18.6. The third-order valence-corrected chi connectivity index (χ3v) is 4.68. The van der Waals surface area contributed by atoms with E-state index in [0.29, 0.717) is 0 Å². The van der Waals surface area contributed by atoms with Gasteiger partial charge in [0.1, 0.15) is 5.82 Å². The number of hydrogen-bond acceptors (Lipinski definition) is 5. The van der Waals surface area contributed by atoms with Gasteiger partial charge in [-0.3, -0.25) is 0 Å². The molecule has 4 rings (SSSR count). The molecule has 1 fully saturated rings. The molecule has 2 heterocycles. The molecule has 5 heteroatoms. The molecule has 1 saturated heterocycles. The maximum absolute atomic E-state index is 4.85. The summed E-state index contributed by atoms with van der Waals surface area (Å²) in [7, 11) is 2.16. The second-order valence-corrected chi connectivity index (χ2v) is 6.52. The Morgan fingerprint density at radius 2 is 1.60 bits per heavy atom. The van der Waals surface area contributed by atoms with Crippen molar-refractivity contribution in [2.75, 3.05) is 43.4 Å². The van der Waals surface area contributed by atoms with Crippen molar-refractivity contribution >= 4 is 22.7 Å². The van der Waals surface area contributed by atoms with E-state index in [1.807, 2.05) is 18.2 Å². The lowest BCUT2D eigenvalue weighted by atomic mass is 10.2. The predicted octanol–water partition coefficient (Wildman–Crippen LogP) is 2.99. The Morgan fingerprint density at radius 3 is 2.40 bits per heavy atom. The van der Waals surface area contributed by atoms with Crippen LogP contribution in [0, 0.1) is 0 Å². The summed E-state index contributed by atoms with van der Waals surface area (Å²) < 4.78 is 0. The number of fused-ring (bicyclic) bond motifs is 1. The molecule has 0 atom stereocenters. The summed E-state index contributed by atoms with van der Waals surface area (Å²) in [6.45, 7) is 4.77. The number of anilines is 2. The first kappa shape index (κ1) is 15.8. The van der Waals surface area contributed by atoms with Gasteiger partial charge in [-0.25, -0.2) is 4.98 Å². The fourth-order valence-electron chi connectivity index (χ4n) is 3.13. The monoisotopic (exact) mass is 333 g/mol. The first-order chi connectivity index (χ1) is 12.3. The van der Waals surface area contributed by atoms with E-state index in [0.717, 1.165) is 55.4 Å². The van der Waals surface area contributed by atoms with E-state index in [1.54, 1.807) is 0 Å². The van der Waals surface area contributed by atoms with Crippen LogP contribution in [-0.2, 0) is 6.54 Å². The van der Waals surface area contributed by atoms with Crippen LogP contribution in [0.25, 0.3) is 10.9 Å². The van der Waals surface area contributed by atoms with E-state index in [1.165, 1.54) is 5.56 Å². The van der Waals surface area contributed by atoms with Crippen LogP contribution in [0.4, 0.5) is 11.8 Å². The average Bonchev–Trinajstić information content (AvgIpc) is 2.67. The maximum atomic E-state index is 4.85. The molecule has 1 aliphatic rings. The molecule has 128 valence electrons. The molecule has 1 aromatic heterocycles. The molecule has 0 aliphatic carbocycles. The van der Waals surface area contributed by atoms with E-state index in [-0.39, 0.29) is 0 Å². The van der Waals surface area contributed by atoms with Crippen LogP contribution in [0.15, 0.2) is 54.6 Å². The third-order valence-electron chi connectivity index (χ3n) is 4.68. The smallest absolute Gasteiger partial charge is 0.227 e. The van der Waals surface area contributed by atoms with Crippen LogP contribution in [0.5, 0.6) is 0 Å². The fourth-order valence-corrected chi connectivity index (χ4v) is 3.13. The minimum atomic E-state index is 0.754. The Kier molecular flexibility index (Phi) is 4.48. The molecule has 2 aromatic carbocycles. The zero-order valence-corrected chi connectivity index (χ0v) is 14.5. The molecule has 0 radical (unpaired) electrons. The van der Waals surface area contributed by atoms with Crippen molar-refractivity contribution in [1.29, 1.82) is 0 Å². The maximum Gasteiger partial charge on any atom is 0.227 e. The highest BCUT2D eigenvalue weighted by atomic mass is 15.3. The van der Waals surface area contributed by atoms with Crippen LogP contribution in [-0.4, -0.2) is 48.1 Å². The predicted molar refractivity (Wildman–Crippen MR) is 103 cm³/mol. The molecule has 1 aliphatic heterocycles. The first-order valence-electron chi connectivity index (χ1n) is 8.78. The average molecular weight is 333 g/mol. The van der Waals surface area contributed by atoms with Crippen molar-refractivity contribution in [2.45, 2.75) is 6.54 Å². The second kappa shape index (κ2) is 7.07. The van der Waals surface area contributed by atoms with E-state index in [2.05, 4.69) is 58.6 Å². The van der Waals surface area contributed by atoms with E-state index < -0.39 is 0 Å². The lowest BCUT2D eigenvalue weighted by Gasteiger charge is -2.32. The molecular formula is C20H23N5. The van der Waals surface area contributed by atoms with Crippen molar-refractivity contribution in [3.63, 3.8) is 0 Å². The van der Waals surface area contributed by atoms with E-state index >= 15 is 0 Å². The first-order valence-corrected chi connectivity index (χ1v) is 8.78. The number of hydrogen-bond donors (Lipinski definition) is 1. The van der Waals surface area contributed by atoms with Gasteiger partial charge in [-0.2, -0.15) is 4.98 Å². The van der Waals surface area contributed by atoms with Gasteiger partial charge in [-0.1, -0.05) is 42.5 Å². The Morgan fingerprint density at radius 1 is 0.880 bits per heavy atom. The molecule has 0 unspecified atom stereocenters. The van der Waals surface area contributed by atoms with Crippen LogP contribution in [0.2, 0.25) is 0 Å². The Hall–Kier alpha value is -2.66. The van der Waals surface area contributed by atoms with E-state index in [9.17, 15) is 0 Å². The van der Waals surface area contributed by atoms with Crippen molar-refractivity contribution < 1.29 is 0 Å². The van der Waals surface area contributed by atoms with E-state index in [4.69, 9.17) is 9.97 Å². The third kappa shape index (κ3) is 3.56. The molecule has 3 aromatic rings. The van der Waals surface area contributed by atoms with Crippen LogP contribution in [0.3, 0.4) is 0 Å². The van der Waals surface area contributed by atoms with Gasteiger partial charge >= 0.3 is 0 Å². The van der Waals surface area contributed by atoms with Crippen LogP contribution >= 0.6 is 0 Å². The molecule has 0 saturated carbocycles. The zero-order chi connectivity index (χ0) is 17.1. The number of nitrogens with one attached hydrogen (secondary N) is 1. The highest BCUT2D eigenvalue weighted by Gasteiger charge is 2.18. The number of aromatic nitrogens is 2. The number of piperazine rings is 1. The van der Waals surface area contributed by atoms with Crippen molar-refractivity contribution in [3.8, 4) is 0 Å². The quantitative estimate of drug-likeness (QED) is 0.795. The summed E-state index contributed by atoms with van der Waals surface area (Å²) in [4.78, 5) is 14.3. The minimum Gasteiger partial charge on any atom is -0.365 e. The largest absolute Gasteiger partial charge is 0.365 e. The van der Waals surface area contributed by atoms with Gasteiger partial charge in [0.2, 0.25) is 5.95 Å². The molecule has 0 spiro atoms. The normalized spacial score (nSPS) is 15.5. The fraction of sp³-hybridized carbons (Fsp3) is 0.300. The van der Waals surface area contributed by atoms with Crippen LogP contribution in [0.1, 0.15) is 5.56 Å². The van der Waals surface area contributed by atoms with Gasteiger partial charge in [0, 0.05) is 38.1 Å². The molecule has 0 bridgehead atoms. The number of rotatable bonds is 4. The van der Waals surface area contributed by atoms with Crippen LogP contribution < -0.4 is 10.2 Å². The minimum absolute atomic E-state index is 0.754. The van der Waals surface area contributed by atoms with Crippen molar-refractivity contribution in [3.05, 3.63) is 60.2 Å². The molecule has 1 N–H and O–H groups in total. The molecular weight excluding hydrogens is 310 g/mol. The van der Waals surface area contributed by atoms with Gasteiger partial charge in [-0.05, 0) is 24.7 Å². The number of nitrogens with zero attached hydrogens (tertiary/aromatic N) is 4. The van der Waals surface area contributed by atoms with Crippen molar-refractivity contribution in [2.24, 2.45) is 0 Å².